The third-order valence-corrected chi connectivity index (χ3v) is 4.88. The number of amides is 2. The van der Waals surface area contributed by atoms with Crippen molar-refractivity contribution in [2.24, 2.45) is 0 Å². The molecule has 0 saturated heterocycles. The lowest BCUT2D eigenvalue weighted by atomic mass is 10.1. The van der Waals surface area contributed by atoms with Crippen molar-refractivity contribution < 1.29 is 14.3 Å². The number of methoxy groups -OCH3 is 2. The van der Waals surface area contributed by atoms with Crippen molar-refractivity contribution in [3.63, 3.8) is 0 Å². The van der Waals surface area contributed by atoms with Gasteiger partial charge in [-0.25, -0.2) is 9.59 Å². The van der Waals surface area contributed by atoms with Gasteiger partial charge in [0, 0.05) is 25.5 Å². The smallest absolute Gasteiger partial charge is 0.330 e. The minimum atomic E-state index is -0.260. The Hall–Kier alpha value is -3.68. The van der Waals surface area contributed by atoms with Crippen LogP contribution in [0.4, 0.5) is 10.5 Å². The topological polar surface area (TPSA) is 88.6 Å². The van der Waals surface area contributed by atoms with E-state index in [1.807, 2.05) is 37.3 Å². The number of anilines is 1. The number of aromatic amines is 1. The Morgan fingerprint density at radius 1 is 1.13 bits per heavy atom. The van der Waals surface area contributed by atoms with E-state index in [1.54, 1.807) is 44.5 Å². The van der Waals surface area contributed by atoms with Gasteiger partial charge >= 0.3 is 11.7 Å². The third-order valence-electron chi connectivity index (χ3n) is 4.88. The quantitative estimate of drug-likeness (QED) is 0.626. The van der Waals surface area contributed by atoms with E-state index < -0.39 is 0 Å². The SMILES string of the molecule is COc1ccc(CCN(C)C(=O)Nc2ccccc2-n2c(C)c[nH]c2=O)cc1OC. The first-order valence-corrected chi connectivity index (χ1v) is 9.54. The molecule has 0 aliphatic rings. The molecule has 0 aliphatic carbocycles. The summed E-state index contributed by atoms with van der Waals surface area (Å²) in [6.07, 6.45) is 2.29. The molecule has 0 atom stereocenters. The van der Waals surface area contributed by atoms with Gasteiger partial charge in [0.1, 0.15) is 0 Å². The number of aryl methyl sites for hydroxylation is 1. The van der Waals surface area contributed by atoms with Gasteiger partial charge in [-0.3, -0.25) is 4.57 Å². The zero-order valence-electron chi connectivity index (χ0n) is 17.6. The molecular formula is C22H26N4O4. The second-order valence-electron chi connectivity index (χ2n) is 6.88. The minimum absolute atomic E-state index is 0.254. The highest BCUT2D eigenvalue weighted by atomic mass is 16.5. The predicted molar refractivity (Wildman–Crippen MR) is 116 cm³/mol. The van der Waals surface area contributed by atoms with E-state index in [9.17, 15) is 9.59 Å². The summed E-state index contributed by atoms with van der Waals surface area (Å²) >= 11 is 0. The van der Waals surface area contributed by atoms with Crippen LogP contribution in [0.5, 0.6) is 11.5 Å². The molecule has 158 valence electrons. The van der Waals surface area contributed by atoms with E-state index in [-0.39, 0.29) is 11.7 Å². The molecule has 0 aliphatic heterocycles. The molecule has 1 heterocycles. The molecule has 0 saturated carbocycles. The number of benzene rings is 2. The monoisotopic (exact) mass is 410 g/mol. The fourth-order valence-corrected chi connectivity index (χ4v) is 3.17. The molecule has 0 unspecified atom stereocenters. The molecule has 0 spiro atoms. The van der Waals surface area contributed by atoms with E-state index in [4.69, 9.17) is 9.47 Å². The maximum absolute atomic E-state index is 12.7. The molecule has 2 amide bonds. The molecule has 3 aromatic rings. The van der Waals surface area contributed by atoms with Crippen molar-refractivity contribution in [2.45, 2.75) is 13.3 Å². The largest absolute Gasteiger partial charge is 0.493 e. The number of aromatic nitrogens is 2. The van der Waals surface area contributed by atoms with Crippen LogP contribution in [0.1, 0.15) is 11.3 Å². The van der Waals surface area contributed by atoms with Crippen LogP contribution in [0.2, 0.25) is 0 Å². The lowest BCUT2D eigenvalue weighted by molar-refractivity contribution is 0.223. The fourth-order valence-electron chi connectivity index (χ4n) is 3.17. The molecule has 0 radical (unpaired) electrons. The molecule has 1 aromatic heterocycles. The van der Waals surface area contributed by atoms with Crippen molar-refractivity contribution in [1.82, 2.24) is 14.5 Å². The number of urea groups is 1. The maximum atomic E-state index is 12.7. The summed E-state index contributed by atoms with van der Waals surface area (Å²) in [5, 5.41) is 2.90. The normalized spacial score (nSPS) is 10.5. The number of likely N-dealkylation sites (N-methyl/N-ethyl adjacent to an activating group) is 1. The highest BCUT2D eigenvalue weighted by Crippen LogP contribution is 2.27. The molecule has 8 nitrogen and oxygen atoms in total. The van der Waals surface area contributed by atoms with Gasteiger partial charge in [-0.2, -0.15) is 0 Å². The number of H-pyrrole nitrogens is 1. The molecule has 2 aromatic carbocycles. The van der Waals surface area contributed by atoms with Gasteiger partial charge in [0.05, 0.1) is 25.6 Å². The Kier molecular flexibility index (Phi) is 6.46. The first-order chi connectivity index (χ1) is 14.4. The van der Waals surface area contributed by atoms with Crippen LogP contribution in [-0.4, -0.2) is 48.3 Å². The maximum Gasteiger partial charge on any atom is 0.330 e. The molecule has 30 heavy (non-hydrogen) atoms. The number of nitrogens with one attached hydrogen (secondary N) is 2. The first-order valence-electron chi connectivity index (χ1n) is 9.54. The zero-order chi connectivity index (χ0) is 21.7. The Morgan fingerprint density at radius 2 is 1.87 bits per heavy atom. The second-order valence-corrected chi connectivity index (χ2v) is 6.88. The summed E-state index contributed by atoms with van der Waals surface area (Å²) in [5.41, 5.74) is 2.70. The Bertz CT molecular complexity index is 1090. The Morgan fingerprint density at radius 3 is 2.53 bits per heavy atom. The summed E-state index contributed by atoms with van der Waals surface area (Å²) in [6.45, 7) is 2.33. The molecule has 8 heteroatoms. The average Bonchev–Trinajstić information content (AvgIpc) is 3.09. The minimum Gasteiger partial charge on any atom is -0.493 e. The number of hydrogen-bond donors (Lipinski definition) is 2. The number of carbonyl (C=O) groups excluding carboxylic acids is 1. The summed E-state index contributed by atoms with van der Waals surface area (Å²) in [7, 11) is 4.92. The Balaban J connectivity index is 1.69. The van der Waals surface area contributed by atoms with Crippen LogP contribution < -0.4 is 20.5 Å². The van der Waals surface area contributed by atoms with E-state index >= 15 is 0 Å². The van der Waals surface area contributed by atoms with Crippen LogP contribution in [-0.2, 0) is 6.42 Å². The van der Waals surface area contributed by atoms with Gasteiger partial charge in [0.25, 0.3) is 0 Å². The van der Waals surface area contributed by atoms with Crippen LogP contribution in [0.3, 0.4) is 0 Å². The van der Waals surface area contributed by atoms with Crippen LogP contribution >= 0.6 is 0 Å². The molecule has 3 rings (SSSR count). The second kappa shape index (κ2) is 9.21. The molecule has 0 bridgehead atoms. The fraction of sp³-hybridized carbons (Fsp3) is 0.273. The van der Waals surface area contributed by atoms with Gasteiger partial charge < -0.3 is 24.7 Å². The summed E-state index contributed by atoms with van der Waals surface area (Å²) in [4.78, 5) is 29.1. The number of ether oxygens (including phenoxy) is 2. The average molecular weight is 410 g/mol. The van der Waals surface area contributed by atoms with Gasteiger partial charge in [-0.05, 0) is 43.2 Å². The predicted octanol–water partition coefficient (Wildman–Crippen LogP) is 3.20. The van der Waals surface area contributed by atoms with E-state index in [0.29, 0.717) is 35.8 Å². The van der Waals surface area contributed by atoms with Crippen molar-refractivity contribution in [2.75, 3.05) is 33.1 Å². The van der Waals surface area contributed by atoms with Crippen molar-refractivity contribution in [3.05, 3.63) is 70.4 Å². The van der Waals surface area contributed by atoms with Crippen LogP contribution in [0.15, 0.2) is 53.5 Å². The third kappa shape index (κ3) is 4.48. The lowest BCUT2D eigenvalue weighted by Crippen LogP contribution is -2.33. The number of hydrogen-bond acceptors (Lipinski definition) is 4. The summed E-state index contributed by atoms with van der Waals surface area (Å²) in [6, 6.07) is 12.6. The van der Waals surface area contributed by atoms with Gasteiger partial charge in [-0.1, -0.05) is 18.2 Å². The highest BCUT2D eigenvalue weighted by molar-refractivity contribution is 5.91. The number of rotatable bonds is 7. The van der Waals surface area contributed by atoms with Gasteiger partial charge in [0.2, 0.25) is 0 Å². The van der Waals surface area contributed by atoms with Crippen molar-refractivity contribution in [3.8, 4) is 17.2 Å². The van der Waals surface area contributed by atoms with E-state index in [1.165, 1.54) is 4.57 Å². The number of carbonyl (C=O) groups is 1. The molecule has 0 fully saturated rings. The number of para-hydroxylation sites is 2. The van der Waals surface area contributed by atoms with E-state index in [0.717, 1.165) is 11.3 Å². The van der Waals surface area contributed by atoms with Crippen molar-refractivity contribution >= 4 is 11.7 Å². The Labute approximate surface area is 175 Å². The van der Waals surface area contributed by atoms with Gasteiger partial charge in [0.15, 0.2) is 11.5 Å². The standard InChI is InChI=1S/C22H26N4O4/c1-15-14-23-21(27)26(15)18-8-6-5-7-17(18)24-22(28)25(2)12-11-16-9-10-19(29-3)20(13-16)30-4/h5-10,13-14H,11-12H2,1-4H3,(H,23,27)(H,24,28). The number of imidazole rings is 1. The van der Waals surface area contributed by atoms with Crippen LogP contribution in [0.25, 0.3) is 5.69 Å². The first kappa shape index (κ1) is 21.0. The van der Waals surface area contributed by atoms with Crippen molar-refractivity contribution in [1.29, 1.82) is 0 Å². The number of nitrogens with zero attached hydrogens (tertiary/aromatic N) is 2. The van der Waals surface area contributed by atoms with Gasteiger partial charge in [-0.15, -0.1) is 0 Å². The summed E-state index contributed by atoms with van der Waals surface area (Å²) < 4.78 is 12.1. The molecular weight excluding hydrogens is 384 g/mol. The summed E-state index contributed by atoms with van der Waals surface area (Å²) in [5.74, 6) is 1.32. The lowest BCUT2D eigenvalue weighted by Gasteiger charge is -2.20. The zero-order valence-corrected chi connectivity index (χ0v) is 17.6. The molecule has 2 N–H and O–H groups in total. The highest BCUT2D eigenvalue weighted by Gasteiger charge is 2.15. The van der Waals surface area contributed by atoms with E-state index in [2.05, 4.69) is 10.3 Å². The van der Waals surface area contributed by atoms with Crippen LogP contribution in [0, 0.1) is 6.92 Å².